The van der Waals surface area contributed by atoms with Crippen LogP contribution in [0.3, 0.4) is 0 Å². The molecule has 0 aliphatic rings. The molecule has 0 radical (unpaired) electrons. The van der Waals surface area contributed by atoms with E-state index in [-0.39, 0.29) is 11.9 Å². The fourth-order valence-electron chi connectivity index (χ4n) is 1.95. The molecule has 20 heavy (non-hydrogen) atoms. The van der Waals surface area contributed by atoms with Crippen molar-refractivity contribution in [3.8, 4) is 0 Å². The predicted molar refractivity (Wildman–Crippen MR) is 79.8 cm³/mol. The Balaban J connectivity index is 2.04. The summed E-state index contributed by atoms with van der Waals surface area (Å²) >= 11 is 0. The first-order chi connectivity index (χ1) is 9.70. The number of hydrogen-bond donors (Lipinski definition) is 2. The minimum absolute atomic E-state index is 0.0406. The van der Waals surface area contributed by atoms with Crippen molar-refractivity contribution in [3.05, 3.63) is 54.0 Å². The number of carbonyl (C=O) groups is 1. The zero-order chi connectivity index (χ0) is 14.4. The van der Waals surface area contributed by atoms with E-state index < -0.39 is 0 Å². The molecule has 0 aliphatic carbocycles. The third kappa shape index (κ3) is 3.63. The van der Waals surface area contributed by atoms with E-state index >= 15 is 0 Å². The van der Waals surface area contributed by atoms with E-state index in [0.29, 0.717) is 12.1 Å². The van der Waals surface area contributed by atoms with Gasteiger partial charge in [0.25, 0.3) is 5.91 Å². The predicted octanol–water partition coefficient (Wildman–Crippen LogP) is 3.59. The van der Waals surface area contributed by atoms with E-state index in [9.17, 15) is 4.79 Å². The van der Waals surface area contributed by atoms with Gasteiger partial charge in [-0.15, -0.1) is 0 Å². The number of benzene rings is 1. The molecule has 4 nitrogen and oxygen atoms in total. The fourth-order valence-corrected chi connectivity index (χ4v) is 1.95. The molecule has 2 N–H and O–H groups in total. The number of anilines is 1. The van der Waals surface area contributed by atoms with Gasteiger partial charge in [-0.05, 0) is 43.7 Å². The van der Waals surface area contributed by atoms with Crippen molar-refractivity contribution in [3.63, 3.8) is 0 Å². The summed E-state index contributed by atoms with van der Waals surface area (Å²) in [7, 11) is 0. The van der Waals surface area contributed by atoms with Crippen LogP contribution in [0.2, 0.25) is 0 Å². The molecule has 1 aromatic heterocycles. The Labute approximate surface area is 119 Å². The summed E-state index contributed by atoms with van der Waals surface area (Å²) in [5.41, 5.74) is 1.56. The van der Waals surface area contributed by atoms with Crippen LogP contribution in [0.1, 0.15) is 42.4 Å². The molecule has 1 aromatic carbocycles. The van der Waals surface area contributed by atoms with Gasteiger partial charge in [-0.3, -0.25) is 4.79 Å². The molecule has 2 aromatic rings. The second kappa shape index (κ2) is 6.80. The number of furan rings is 1. The van der Waals surface area contributed by atoms with Crippen molar-refractivity contribution < 1.29 is 9.21 Å². The van der Waals surface area contributed by atoms with Crippen LogP contribution >= 0.6 is 0 Å². The van der Waals surface area contributed by atoms with E-state index in [1.54, 1.807) is 6.26 Å². The first kappa shape index (κ1) is 14.2. The highest BCUT2D eigenvalue weighted by atomic mass is 16.3. The van der Waals surface area contributed by atoms with E-state index in [4.69, 9.17) is 4.42 Å². The number of nitrogens with one attached hydrogen (secondary N) is 2. The van der Waals surface area contributed by atoms with Crippen LogP contribution < -0.4 is 10.6 Å². The van der Waals surface area contributed by atoms with E-state index in [1.807, 2.05) is 50.2 Å². The van der Waals surface area contributed by atoms with E-state index in [1.165, 1.54) is 0 Å². The SMILES string of the molecule is CCCNC(=O)c1cccc(NC(C)c2ccco2)c1. The molecule has 1 atom stereocenters. The van der Waals surface area contributed by atoms with Crippen LogP contribution in [0.5, 0.6) is 0 Å². The van der Waals surface area contributed by atoms with Crippen molar-refractivity contribution in [2.75, 3.05) is 11.9 Å². The molecule has 0 spiro atoms. The van der Waals surface area contributed by atoms with E-state index in [2.05, 4.69) is 10.6 Å². The van der Waals surface area contributed by atoms with E-state index in [0.717, 1.165) is 17.9 Å². The van der Waals surface area contributed by atoms with Crippen molar-refractivity contribution in [2.24, 2.45) is 0 Å². The minimum atomic E-state index is -0.0406. The molecule has 0 aliphatic heterocycles. The van der Waals surface area contributed by atoms with Gasteiger partial charge in [0.15, 0.2) is 0 Å². The van der Waals surface area contributed by atoms with Gasteiger partial charge < -0.3 is 15.1 Å². The normalized spacial score (nSPS) is 11.9. The molecule has 4 heteroatoms. The maximum absolute atomic E-state index is 11.9. The summed E-state index contributed by atoms with van der Waals surface area (Å²) < 4.78 is 5.36. The molecule has 0 saturated heterocycles. The molecule has 0 saturated carbocycles. The van der Waals surface area contributed by atoms with Crippen molar-refractivity contribution in [1.82, 2.24) is 5.32 Å². The standard InChI is InChI=1S/C16H20N2O2/c1-3-9-17-16(19)13-6-4-7-14(11-13)18-12(2)15-8-5-10-20-15/h4-8,10-12,18H,3,9H2,1-2H3,(H,17,19). The van der Waals surface area contributed by atoms with Gasteiger partial charge in [-0.1, -0.05) is 13.0 Å². The first-order valence-corrected chi connectivity index (χ1v) is 6.89. The van der Waals surface area contributed by atoms with Gasteiger partial charge in [-0.2, -0.15) is 0 Å². The molecular formula is C16H20N2O2. The third-order valence-corrected chi connectivity index (χ3v) is 3.01. The van der Waals surface area contributed by atoms with Gasteiger partial charge in [0, 0.05) is 17.8 Å². The topological polar surface area (TPSA) is 54.3 Å². The Morgan fingerprint density at radius 3 is 2.85 bits per heavy atom. The molecule has 1 unspecified atom stereocenters. The molecule has 106 valence electrons. The van der Waals surface area contributed by atoms with Gasteiger partial charge >= 0.3 is 0 Å². The summed E-state index contributed by atoms with van der Waals surface area (Å²) in [6.07, 6.45) is 2.58. The highest BCUT2D eigenvalue weighted by Crippen LogP contribution is 2.20. The Bertz CT molecular complexity index is 549. The monoisotopic (exact) mass is 272 g/mol. The largest absolute Gasteiger partial charge is 0.467 e. The Morgan fingerprint density at radius 2 is 2.15 bits per heavy atom. The van der Waals surface area contributed by atoms with Crippen molar-refractivity contribution >= 4 is 11.6 Å². The smallest absolute Gasteiger partial charge is 0.251 e. The van der Waals surface area contributed by atoms with Crippen molar-refractivity contribution in [2.45, 2.75) is 26.3 Å². The molecule has 0 bridgehead atoms. The van der Waals surface area contributed by atoms with Gasteiger partial charge in [0.2, 0.25) is 0 Å². The number of carbonyl (C=O) groups excluding carboxylic acids is 1. The average Bonchev–Trinajstić information content (AvgIpc) is 2.99. The summed E-state index contributed by atoms with van der Waals surface area (Å²) in [6.45, 7) is 4.74. The third-order valence-electron chi connectivity index (χ3n) is 3.01. The van der Waals surface area contributed by atoms with Crippen molar-refractivity contribution in [1.29, 1.82) is 0 Å². The molecule has 1 amide bonds. The second-order valence-corrected chi connectivity index (χ2v) is 4.72. The summed E-state index contributed by atoms with van der Waals surface area (Å²) in [4.78, 5) is 11.9. The summed E-state index contributed by atoms with van der Waals surface area (Å²) in [5, 5.41) is 6.19. The minimum Gasteiger partial charge on any atom is -0.467 e. The lowest BCUT2D eigenvalue weighted by Gasteiger charge is -2.13. The fraction of sp³-hybridized carbons (Fsp3) is 0.312. The van der Waals surface area contributed by atoms with Crippen LogP contribution in [0, 0.1) is 0 Å². The Kier molecular flexibility index (Phi) is 4.82. The van der Waals surface area contributed by atoms with Crippen LogP contribution in [0.4, 0.5) is 5.69 Å². The second-order valence-electron chi connectivity index (χ2n) is 4.72. The highest BCUT2D eigenvalue weighted by Gasteiger charge is 2.09. The lowest BCUT2D eigenvalue weighted by molar-refractivity contribution is 0.0953. The maximum Gasteiger partial charge on any atom is 0.251 e. The van der Waals surface area contributed by atoms with Gasteiger partial charge in [0.1, 0.15) is 5.76 Å². The molecule has 1 heterocycles. The van der Waals surface area contributed by atoms with Gasteiger partial charge in [0.05, 0.1) is 12.3 Å². The average molecular weight is 272 g/mol. The van der Waals surface area contributed by atoms with Crippen LogP contribution in [-0.4, -0.2) is 12.5 Å². The summed E-state index contributed by atoms with van der Waals surface area (Å²) in [6, 6.07) is 11.3. The quantitative estimate of drug-likeness (QED) is 0.845. The van der Waals surface area contributed by atoms with Crippen LogP contribution in [0.15, 0.2) is 47.1 Å². The Hall–Kier alpha value is -2.23. The zero-order valence-electron chi connectivity index (χ0n) is 11.8. The zero-order valence-corrected chi connectivity index (χ0v) is 11.8. The highest BCUT2D eigenvalue weighted by molar-refractivity contribution is 5.95. The Morgan fingerprint density at radius 1 is 1.30 bits per heavy atom. The van der Waals surface area contributed by atoms with Crippen LogP contribution in [0.25, 0.3) is 0 Å². The summed E-state index contributed by atoms with van der Waals surface area (Å²) in [5.74, 6) is 0.826. The lowest BCUT2D eigenvalue weighted by atomic mass is 10.1. The lowest BCUT2D eigenvalue weighted by Crippen LogP contribution is -2.24. The molecule has 0 fully saturated rings. The molecule has 2 rings (SSSR count). The van der Waals surface area contributed by atoms with Crippen LogP contribution in [-0.2, 0) is 0 Å². The number of hydrogen-bond acceptors (Lipinski definition) is 3. The first-order valence-electron chi connectivity index (χ1n) is 6.89. The van der Waals surface area contributed by atoms with Gasteiger partial charge in [-0.25, -0.2) is 0 Å². The maximum atomic E-state index is 11.9. The molecular weight excluding hydrogens is 252 g/mol. The number of amides is 1. The number of rotatable bonds is 6.